The number of rotatable bonds is 4. The molecule has 3 heterocycles. The first-order chi connectivity index (χ1) is 12.5. The molecular weight excluding hydrogens is 334 g/mol. The van der Waals surface area contributed by atoms with Gasteiger partial charge in [-0.15, -0.1) is 0 Å². The number of benzene rings is 1. The van der Waals surface area contributed by atoms with Crippen LogP contribution < -0.4 is 15.0 Å². The Morgan fingerprint density at radius 2 is 2.04 bits per heavy atom. The lowest BCUT2D eigenvalue weighted by Crippen LogP contribution is -2.52. The van der Waals surface area contributed by atoms with E-state index in [1.807, 2.05) is 24.9 Å². The van der Waals surface area contributed by atoms with Crippen molar-refractivity contribution in [3.63, 3.8) is 0 Å². The molecule has 0 aliphatic carbocycles. The molecule has 0 unspecified atom stereocenters. The Labute approximate surface area is 151 Å². The van der Waals surface area contributed by atoms with Crippen molar-refractivity contribution in [2.24, 2.45) is 0 Å². The van der Waals surface area contributed by atoms with Crippen LogP contribution in [0.2, 0.25) is 0 Å². The van der Waals surface area contributed by atoms with E-state index in [0.717, 1.165) is 0 Å². The number of imide groups is 1. The van der Waals surface area contributed by atoms with Gasteiger partial charge in [-0.25, -0.2) is 9.69 Å². The fraction of sp³-hybridized carbons (Fsp3) is 0.368. The lowest BCUT2D eigenvalue weighted by atomic mass is 9.85. The van der Waals surface area contributed by atoms with E-state index in [2.05, 4.69) is 5.32 Å². The quantitative estimate of drug-likeness (QED) is 0.851. The molecule has 2 fully saturated rings. The summed E-state index contributed by atoms with van der Waals surface area (Å²) < 4.78 is 11.0. The average molecular weight is 355 g/mol. The smallest absolute Gasteiger partial charge is 0.329 e. The van der Waals surface area contributed by atoms with Gasteiger partial charge in [-0.2, -0.15) is 0 Å². The predicted octanol–water partition coefficient (Wildman–Crippen LogP) is 2.20. The van der Waals surface area contributed by atoms with E-state index < -0.39 is 11.6 Å². The zero-order valence-electron chi connectivity index (χ0n) is 14.8. The standard InChI is InChI=1S/C19H21N3O4/c1-3-25-14-8-6-13(7-9-14)22-17(23)19(20-18(22)24)12-21(2)11-15(19)16-5-4-10-26-16/h4-10,15H,3,11-12H2,1-2H3,(H,20,24)/t15-,19-/m0/s1. The van der Waals surface area contributed by atoms with Crippen molar-refractivity contribution in [3.05, 3.63) is 48.4 Å². The van der Waals surface area contributed by atoms with E-state index in [0.29, 0.717) is 36.9 Å². The zero-order chi connectivity index (χ0) is 18.3. The molecular formula is C19H21N3O4. The largest absolute Gasteiger partial charge is 0.494 e. The summed E-state index contributed by atoms with van der Waals surface area (Å²) in [6.07, 6.45) is 1.59. The summed E-state index contributed by atoms with van der Waals surface area (Å²) in [5.74, 6) is 0.924. The number of amides is 3. The van der Waals surface area contributed by atoms with E-state index in [1.54, 1.807) is 36.6 Å². The molecule has 0 bridgehead atoms. The van der Waals surface area contributed by atoms with Gasteiger partial charge >= 0.3 is 6.03 Å². The van der Waals surface area contributed by atoms with Gasteiger partial charge in [-0.1, -0.05) is 0 Å². The molecule has 3 amide bonds. The maximum atomic E-state index is 13.3. The number of furan rings is 1. The summed E-state index contributed by atoms with van der Waals surface area (Å²) in [5.41, 5.74) is -0.483. The van der Waals surface area contributed by atoms with Crippen LogP contribution in [0.25, 0.3) is 0 Å². The Bertz CT molecular complexity index is 818. The normalized spacial score (nSPS) is 25.9. The lowest BCUT2D eigenvalue weighted by molar-refractivity contribution is -0.122. The molecule has 1 N–H and O–H groups in total. The van der Waals surface area contributed by atoms with Gasteiger partial charge in [0, 0.05) is 13.1 Å². The molecule has 1 spiro atoms. The molecule has 0 saturated carbocycles. The fourth-order valence-corrected chi connectivity index (χ4v) is 3.92. The SMILES string of the molecule is CCOc1ccc(N2C(=O)N[C@]3(CN(C)C[C@H]3c3ccco3)C2=O)cc1. The van der Waals surface area contributed by atoms with E-state index in [1.165, 1.54) is 4.90 Å². The Hall–Kier alpha value is -2.80. The van der Waals surface area contributed by atoms with Crippen molar-refractivity contribution in [1.29, 1.82) is 0 Å². The Morgan fingerprint density at radius 3 is 2.69 bits per heavy atom. The number of ether oxygens (including phenoxy) is 1. The maximum Gasteiger partial charge on any atom is 0.329 e. The second-order valence-corrected chi connectivity index (χ2v) is 6.73. The molecule has 2 saturated heterocycles. The monoisotopic (exact) mass is 355 g/mol. The van der Waals surface area contributed by atoms with Gasteiger partial charge in [0.05, 0.1) is 24.5 Å². The molecule has 2 aromatic rings. The molecule has 0 radical (unpaired) electrons. The number of likely N-dealkylation sites (tertiary alicyclic amines) is 1. The highest BCUT2D eigenvalue weighted by molar-refractivity contribution is 6.24. The predicted molar refractivity (Wildman–Crippen MR) is 95.3 cm³/mol. The van der Waals surface area contributed by atoms with Crippen molar-refractivity contribution in [3.8, 4) is 5.75 Å². The molecule has 1 aromatic carbocycles. The molecule has 136 valence electrons. The van der Waals surface area contributed by atoms with Crippen LogP contribution in [0.1, 0.15) is 18.6 Å². The molecule has 2 aliphatic rings. The van der Waals surface area contributed by atoms with Crippen LogP contribution in [0.3, 0.4) is 0 Å². The van der Waals surface area contributed by atoms with Crippen molar-refractivity contribution < 1.29 is 18.7 Å². The number of carbonyl (C=O) groups excluding carboxylic acids is 2. The van der Waals surface area contributed by atoms with Crippen molar-refractivity contribution in [2.75, 3.05) is 31.6 Å². The molecule has 1 aromatic heterocycles. The number of urea groups is 1. The zero-order valence-corrected chi connectivity index (χ0v) is 14.8. The summed E-state index contributed by atoms with van der Waals surface area (Å²) >= 11 is 0. The summed E-state index contributed by atoms with van der Waals surface area (Å²) in [6.45, 7) is 3.54. The number of nitrogens with one attached hydrogen (secondary N) is 1. The van der Waals surface area contributed by atoms with Crippen LogP contribution in [0.15, 0.2) is 47.1 Å². The number of hydrogen-bond donors (Lipinski definition) is 1. The minimum Gasteiger partial charge on any atom is -0.494 e. The highest BCUT2D eigenvalue weighted by atomic mass is 16.5. The molecule has 26 heavy (non-hydrogen) atoms. The molecule has 2 atom stereocenters. The molecule has 4 rings (SSSR count). The van der Waals surface area contributed by atoms with Crippen LogP contribution in [0.5, 0.6) is 5.75 Å². The van der Waals surface area contributed by atoms with Gasteiger partial charge in [0.2, 0.25) is 0 Å². The van der Waals surface area contributed by atoms with Gasteiger partial charge < -0.3 is 19.4 Å². The van der Waals surface area contributed by atoms with Crippen LogP contribution in [0.4, 0.5) is 10.5 Å². The minimum absolute atomic E-state index is 0.230. The van der Waals surface area contributed by atoms with Gasteiger partial charge in [-0.05, 0) is 50.4 Å². The fourth-order valence-electron chi connectivity index (χ4n) is 3.92. The number of anilines is 1. The van der Waals surface area contributed by atoms with Gasteiger partial charge in [-0.3, -0.25) is 4.79 Å². The van der Waals surface area contributed by atoms with E-state index in [-0.39, 0.29) is 11.8 Å². The Morgan fingerprint density at radius 1 is 1.27 bits per heavy atom. The summed E-state index contributed by atoms with van der Waals surface area (Å²) in [5, 5.41) is 2.94. The lowest BCUT2D eigenvalue weighted by Gasteiger charge is -2.26. The Kier molecular flexibility index (Phi) is 3.96. The number of nitrogens with zero attached hydrogens (tertiary/aromatic N) is 2. The van der Waals surface area contributed by atoms with Crippen LogP contribution >= 0.6 is 0 Å². The summed E-state index contributed by atoms with van der Waals surface area (Å²) in [7, 11) is 1.93. The Balaban J connectivity index is 1.68. The second-order valence-electron chi connectivity index (χ2n) is 6.73. The van der Waals surface area contributed by atoms with Crippen molar-refractivity contribution in [1.82, 2.24) is 10.2 Å². The highest BCUT2D eigenvalue weighted by Gasteiger charge is 2.61. The molecule has 7 heteroatoms. The van der Waals surface area contributed by atoms with Crippen LogP contribution in [-0.2, 0) is 4.79 Å². The first-order valence-corrected chi connectivity index (χ1v) is 8.66. The van der Waals surface area contributed by atoms with Crippen LogP contribution in [-0.4, -0.2) is 49.1 Å². The number of hydrogen-bond acceptors (Lipinski definition) is 5. The van der Waals surface area contributed by atoms with Crippen LogP contribution in [0, 0.1) is 0 Å². The van der Waals surface area contributed by atoms with Gasteiger partial charge in [0.25, 0.3) is 5.91 Å². The third-order valence-electron chi connectivity index (χ3n) is 5.02. The summed E-state index contributed by atoms with van der Waals surface area (Å²) in [6, 6.07) is 10.2. The first-order valence-electron chi connectivity index (χ1n) is 8.66. The minimum atomic E-state index is -1.01. The first kappa shape index (κ1) is 16.7. The number of carbonyl (C=O) groups is 2. The molecule has 7 nitrogen and oxygen atoms in total. The maximum absolute atomic E-state index is 13.3. The average Bonchev–Trinajstić information content (AvgIpc) is 3.30. The third-order valence-corrected chi connectivity index (χ3v) is 5.02. The number of likely N-dealkylation sites (N-methyl/N-ethyl adjacent to an activating group) is 1. The van der Waals surface area contributed by atoms with E-state index >= 15 is 0 Å². The van der Waals surface area contributed by atoms with Crippen molar-refractivity contribution >= 4 is 17.6 Å². The molecule has 2 aliphatic heterocycles. The summed E-state index contributed by atoms with van der Waals surface area (Å²) in [4.78, 5) is 29.3. The second kappa shape index (κ2) is 6.17. The van der Waals surface area contributed by atoms with E-state index in [4.69, 9.17) is 9.15 Å². The van der Waals surface area contributed by atoms with Gasteiger partial charge in [0.15, 0.2) is 0 Å². The van der Waals surface area contributed by atoms with Crippen molar-refractivity contribution in [2.45, 2.75) is 18.4 Å². The van der Waals surface area contributed by atoms with E-state index in [9.17, 15) is 9.59 Å². The van der Waals surface area contributed by atoms with Gasteiger partial charge in [0.1, 0.15) is 17.0 Å². The third kappa shape index (κ3) is 2.47. The topological polar surface area (TPSA) is 75.0 Å². The highest BCUT2D eigenvalue weighted by Crippen LogP contribution is 2.41.